The topological polar surface area (TPSA) is 71.1 Å². The van der Waals surface area contributed by atoms with Gasteiger partial charge in [-0.3, -0.25) is 4.18 Å². The normalized spacial score (nSPS) is 28.4. The Bertz CT molecular complexity index is 759. The molecule has 25 heavy (non-hydrogen) atoms. The molecule has 1 fully saturated rings. The highest BCUT2D eigenvalue weighted by molar-refractivity contribution is 9.11. The second-order valence-electron chi connectivity index (χ2n) is 6.59. The monoisotopic (exact) mass is 432 g/mol. The summed E-state index contributed by atoms with van der Waals surface area (Å²) in [5.41, 5.74) is 1.86. The standard InChI is InChI=1S/C17H21BrO6S/c1-17(2)22-14-12(10-21-9-11-7-5-4-6-8-11)13(18)15(16(14)23-17)24-25(3,19)20/h4-8,14-16H,9-10H2,1-3H3/t14-,15+,16-/m1/s1. The molecule has 0 radical (unpaired) electrons. The summed E-state index contributed by atoms with van der Waals surface area (Å²) in [6.07, 6.45) is -0.689. The zero-order valence-electron chi connectivity index (χ0n) is 14.3. The fraction of sp³-hybridized carbons (Fsp3) is 0.529. The summed E-state index contributed by atoms with van der Waals surface area (Å²) in [6, 6.07) is 9.81. The van der Waals surface area contributed by atoms with Crippen LogP contribution in [-0.2, 0) is 35.1 Å². The van der Waals surface area contributed by atoms with E-state index in [4.69, 9.17) is 18.4 Å². The number of ether oxygens (including phenoxy) is 3. The van der Waals surface area contributed by atoms with E-state index < -0.39 is 34.2 Å². The Morgan fingerprint density at radius 1 is 1.16 bits per heavy atom. The molecule has 0 spiro atoms. The van der Waals surface area contributed by atoms with Gasteiger partial charge in [-0.05, 0) is 25.0 Å². The average molecular weight is 433 g/mol. The molecule has 0 amide bonds. The first kappa shape index (κ1) is 19.0. The Morgan fingerprint density at radius 2 is 1.84 bits per heavy atom. The van der Waals surface area contributed by atoms with Crippen molar-refractivity contribution in [2.45, 2.75) is 44.6 Å². The first-order valence-corrected chi connectivity index (χ1v) is 10.5. The van der Waals surface area contributed by atoms with Crippen molar-refractivity contribution in [2.75, 3.05) is 12.9 Å². The van der Waals surface area contributed by atoms with Crippen molar-refractivity contribution >= 4 is 26.0 Å². The van der Waals surface area contributed by atoms with Crippen LogP contribution in [0, 0.1) is 0 Å². The van der Waals surface area contributed by atoms with Gasteiger partial charge in [0.1, 0.15) is 18.3 Å². The number of halogens is 1. The molecule has 2 aliphatic rings. The summed E-state index contributed by atoms with van der Waals surface area (Å²) < 4.78 is 46.6. The summed E-state index contributed by atoms with van der Waals surface area (Å²) in [4.78, 5) is 0. The van der Waals surface area contributed by atoms with Gasteiger partial charge in [0.2, 0.25) is 0 Å². The van der Waals surface area contributed by atoms with Gasteiger partial charge in [0.25, 0.3) is 10.1 Å². The van der Waals surface area contributed by atoms with E-state index in [2.05, 4.69) is 15.9 Å². The van der Waals surface area contributed by atoms with Gasteiger partial charge in [-0.2, -0.15) is 8.42 Å². The molecular weight excluding hydrogens is 412 g/mol. The van der Waals surface area contributed by atoms with Gasteiger partial charge in [0, 0.05) is 4.48 Å². The van der Waals surface area contributed by atoms with E-state index in [1.165, 1.54) is 0 Å². The third-order valence-electron chi connectivity index (χ3n) is 3.98. The molecule has 138 valence electrons. The minimum Gasteiger partial charge on any atom is -0.372 e. The molecule has 0 unspecified atom stereocenters. The van der Waals surface area contributed by atoms with Crippen LogP contribution in [0.25, 0.3) is 0 Å². The van der Waals surface area contributed by atoms with Crippen LogP contribution in [0.15, 0.2) is 40.4 Å². The molecule has 8 heteroatoms. The number of rotatable bonds is 6. The van der Waals surface area contributed by atoms with Crippen molar-refractivity contribution in [3.05, 3.63) is 46.0 Å². The summed E-state index contributed by atoms with van der Waals surface area (Å²) in [5.74, 6) is -0.813. The fourth-order valence-electron chi connectivity index (χ4n) is 3.03. The summed E-state index contributed by atoms with van der Waals surface area (Å²) >= 11 is 3.45. The lowest BCUT2D eigenvalue weighted by molar-refractivity contribution is -0.152. The van der Waals surface area contributed by atoms with Crippen LogP contribution >= 0.6 is 15.9 Å². The minimum absolute atomic E-state index is 0.291. The van der Waals surface area contributed by atoms with Crippen LogP contribution in [0.4, 0.5) is 0 Å². The van der Waals surface area contributed by atoms with Crippen molar-refractivity contribution in [3.8, 4) is 0 Å². The maximum absolute atomic E-state index is 11.6. The van der Waals surface area contributed by atoms with Crippen LogP contribution < -0.4 is 0 Å². The number of hydrogen-bond donors (Lipinski definition) is 0. The van der Waals surface area contributed by atoms with E-state index in [-0.39, 0.29) is 0 Å². The molecule has 0 saturated carbocycles. The van der Waals surface area contributed by atoms with Crippen molar-refractivity contribution < 1.29 is 26.8 Å². The first-order chi connectivity index (χ1) is 11.7. The SMILES string of the molecule is CC1(C)O[C@@H]2[C@H](O1)C(COCc1ccccc1)=C(Br)[C@@H]2OS(C)(=O)=O. The molecule has 3 rings (SSSR count). The lowest BCUT2D eigenvalue weighted by Gasteiger charge is -2.22. The highest BCUT2D eigenvalue weighted by atomic mass is 79.9. The maximum Gasteiger partial charge on any atom is 0.265 e. The maximum atomic E-state index is 11.6. The zero-order valence-corrected chi connectivity index (χ0v) is 16.7. The van der Waals surface area contributed by atoms with Gasteiger partial charge in [-0.1, -0.05) is 46.3 Å². The molecule has 0 aromatic heterocycles. The third kappa shape index (κ3) is 4.50. The molecule has 0 N–H and O–H groups in total. The van der Waals surface area contributed by atoms with Gasteiger partial charge in [-0.25, -0.2) is 0 Å². The molecule has 1 heterocycles. The van der Waals surface area contributed by atoms with Crippen LogP contribution in [0.1, 0.15) is 19.4 Å². The molecule has 1 saturated heterocycles. The average Bonchev–Trinajstić information content (AvgIpc) is 2.93. The Labute approximate surface area is 156 Å². The Kier molecular flexibility index (Phi) is 5.39. The van der Waals surface area contributed by atoms with Crippen LogP contribution in [0.3, 0.4) is 0 Å². The predicted molar refractivity (Wildman–Crippen MR) is 95.6 cm³/mol. The molecular formula is C17H21BrO6S. The molecule has 1 aliphatic heterocycles. The van der Waals surface area contributed by atoms with Gasteiger partial charge in [-0.15, -0.1) is 0 Å². The molecule has 1 aromatic carbocycles. The highest BCUT2D eigenvalue weighted by Crippen LogP contribution is 2.45. The van der Waals surface area contributed by atoms with E-state index in [9.17, 15) is 8.42 Å². The van der Waals surface area contributed by atoms with Gasteiger partial charge >= 0.3 is 0 Å². The van der Waals surface area contributed by atoms with E-state index in [1.54, 1.807) is 13.8 Å². The quantitative estimate of drug-likeness (QED) is 0.643. The lowest BCUT2D eigenvalue weighted by Crippen LogP contribution is -2.34. The molecule has 1 aromatic rings. The second kappa shape index (κ2) is 7.09. The van der Waals surface area contributed by atoms with Crippen LogP contribution in [0.2, 0.25) is 0 Å². The van der Waals surface area contributed by atoms with Crippen molar-refractivity contribution in [3.63, 3.8) is 0 Å². The number of hydrogen-bond acceptors (Lipinski definition) is 6. The highest BCUT2D eigenvalue weighted by Gasteiger charge is 2.54. The summed E-state index contributed by atoms with van der Waals surface area (Å²) in [7, 11) is -3.64. The van der Waals surface area contributed by atoms with Crippen LogP contribution in [-0.4, -0.2) is 45.4 Å². The molecule has 1 aliphatic carbocycles. The Hall–Kier alpha value is -0.770. The van der Waals surface area contributed by atoms with Gasteiger partial charge in [0.15, 0.2) is 5.79 Å². The second-order valence-corrected chi connectivity index (χ2v) is 9.05. The van der Waals surface area contributed by atoms with Crippen molar-refractivity contribution in [1.29, 1.82) is 0 Å². The van der Waals surface area contributed by atoms with Gasteiger partial charge in [0.05, 0.1) is 19.5 Å². The van der Waals surface area contributed by atoms with E-state index in [0.717, 1.165) is 17.4 Å². The summed E-state index contributed by atoms with van der Waals surface area (Å²) in [6.45, 7) is 4.32. The number of benzene rings is 1. The zero-order chi connectivity index (χ0) is 18.2. The largest absolute Gasteiger partial charge is 0.372 e. The van der Waals surface area contributed by atoms with E-state index in [1.807, 2.05) is 30.3 Å². The number of fused-ring (bicyclic) bond motifs is 1. The Balaban J connectivity index is 1.75. The fourth-order valence-corrected chi connectivity index (χ4v) is 4.43. The molecule has 0 bridgehead atoms. The van der Waals surface area contributed by atoms with Gasteiger partial charge < -0.3 is 14.2 Å². The predicted octanol–water partition coefficient (Wildman–Crippen LogP) is 2.73. The first-order valence-electron chi connectivity index (χ1n) is 7.90. The molecule has 6 nitrogen and oxygen atoms in total. The lowest BCUT2D eigenvalue weighted by atomic mass is 10.1. The Morgan fingerprint density at radius 3 is 2.48 bits per heavy atom. The molecule has 3 atom stereocenters. The van der Waals surface area contributed by atoms with Crippen LogP contribution in [0.5, 0.6) is 0 Å². The van der Waals surface area contributed by atoms with Crippen molar-refractivity contribution in [2.24, 2.45) is 0 Å². The summed E-state index contributed by atoms with van der Waals surface area (Å²) in [5, 5.41) is 0. The third-order valence-corrected chi connectivity index (χ3v) is 5.49. The smallest absolute Gasteiger partial charge is 0.265 e. The van der Waals surface area contributed by atoms with E-state index >= 15 is 0 Å². The minimum atomic E-state index is -3.64. The van der Waals surface area contributed by atoms with Crippen molar-refractivity contribution in [1.82, 2.24) is 0 Å². The van der Waals surface area contributed by atoms with E-state index in [0.29, 0.717) is 17.7 Å².